The summed E-state index contributed by atoms with van der Waals surface area (Å²) in [4.78, 5) is 0. The molecule has 1 nitrogen and oxygen atoms in total. The molecule has 2 rings (SSSR count). The van der Waals surface area contributed by atoms with Crippen LogP contribution < -0.4 is 5.32 Å². The van der Waals surface area contributed by atoms with Crippen molar-refractivity contribution < 1.29 is 0 Å². The minimum Gasteiger partial charge on any atom is -0.313 e. The van der Waals surface area contributed by atoms with Gasteiger partial charge in [0.2, 0.25) is 0 Å². The van der Waals surface area contributed by atoms with Crippen molar-refractivity contribution >= 4 is 11.6 Å². The van der Waals surface area contributed by atoms with Gasteiger partial charge in [-0.3, -0.25) is 0 Å². The lowest BCUT2D eigenvalue weighted by Crippen LogP contribution is -2.29. The van der Waals surface area contributed by atoms with E-state index in [-0.39, 0.29) is 0 Å². The molecule has 0 saturated carbocycles. The smallest absolute Gasteiger partial charge is 0.0146 e. The minimum absolute atomic E-state index is 0.704. The van der Waals surface area contributed by atoms with Crippen LogP contribution in [-0.2, 0) is 6.42 Å². The van der Waals surface area contributed by atoms with Crippen molar-refractivity contribution in [1.82, 2.24) is 5.32 Å². The van der Waals surface area contributed by atoms with Gasteiger partial charge in [0.25, 0.3) is 0 Å². The molecule has 1 aromatic rings. The number of nitrogens with one attached hydrogen (secondary N) is 1. The molecule has 0 aromatic heterocycles. The molecule has 0 saturated heterocycles. The molecule has 0 fully saturated rings. The molecule has 1 aliphatic rings. The van der Waals surface area contributed by atoms with Gasteiger partial charge in [0.05, 0.1) is 0 Å². The zero-order valence-corrected chi connectivity index (χ0v) is 8.80. The van der Waals surface area contributed by atoms with Crippen molar-refractivity contribution in [1.29, 1.82) is 0 Å². The maximum absolute atomic E-state index is 5.43. The van der Waals surface area contributed by atoms with Crippen molar-refractivity contribution in [3.63, 3.8) is 0 Å². The summed E-state index contributed by atoms with van der Waals surface area (Å²) in [7, 11) is 0. The van der Waals surface area contributed by atoms with E-state index in [0.717, 1.165) is 13.1 Å². The molecule has 1 N–H and O–H groups in total. The monoisotopic (exact) mass is 207 g/mol. The molecular formula is C12H14ClN. The van der Waals surface area contributed by atoms with Crippen LogP contribution in [0.4, 0.5) is 0 Å². The third kappa shape index (κ3) is 1.99. The second-order valence-electron chi connectivity index (χ2n) is 3.62. The summed E-state index contributed by atoms with van der Waals surface area (Å²) in [6, 6.07) is 8.66. The van der Waals surface area contributed by atoms with Crippen LogP contribution in [0.1, 0.15) is 17.0 Å². The van der Waals surface area contributed by atoms with Crippen LogP contribution in [0, 0.1) is 0 Å². The Balaban J connectivity index is 1.81. The number of benzene rings is 1. The summed E-state index contributed by atoms with van der Waals surface area (Å²) in [6.45, 7) is 1.92. The standard InChI is InChI=1S/C12H14ClN/c13-6-3-7-14-9-11-8-10-4-1-2-5-12(10)11/h1-6,11,14H,7-9H2/b6-3+. The number of rotatable bonds is 4. The van der Waals surface area contributed by atoms with Gasteiger partial charge in [-0.25, -0.2) is 0 Å². The van der Waals surface area contributed by atoms with E-state index in [1.165, 1.54) is 17.5 Å². The van der Waals surface area contributed by atoms with Crippen LogP contribution in [0.2, 0.25) is 0 Å². The molecule has 2 heteroatoms. The summed E-state index contributed by atoms with van der Waals surface area (Å²) >= 11 is 5.43. The Bertz CT molecular complexity index is 333. The average Bonchev–Trinajstić information content (AvgIpc) is 2.19. The molecule has 1 atom stereocenters. The first kappa shape index (κ1) is 9.75. The Morgan fingerprint density at radius 1 is 1.43 bits per heavy atom. The molecule has 1 aromatic carbocycles. The fraction of sp³-hybridized carbons (Fsp3) is 0.333. The minimum atomic E-state index is 0.704. The molecule has 1 unspecified atom stereocenters. The van der Waals surface area contributed by atoms with Gasteiger partial charge in [0.1, 0.15) is 0 Å². The van der Waals surface area contributed by atoms with Crippen molar-refractivity contribution in [2.24, 2.45) is 0 Å². The lowest BCUT2D eigenvalue weighted by molar-refractivity contribution is 0.555. The predicted molar refractivity (Wildman–Crippen MR) is 60.7 cm³/mol. The van der Waals surface area contributed by atoms with Gasteiger partial charge in [-0.15, -0.1) is 0 Å². The molecule has 0 aliphatic heterocycles. The summed E-state index contributed by atoms with van der Waals surface area (Å²) in [5.41, 5.74) is 4.57. The molecule has 1 aliphatic carbocycles. The number of hydrogen-bond acceptors (Lipinski definition) is 1. The van der Waals surface area contributed by atoms with Gasteiger partial charge >= 0.3 is 0 Å². The molecule has 0 amide bonds. The van der Waals surface area contributed by atoms with E-state index in [2.05, 4.69) is 29.6 Å². The first-order chi connectivity index (χ1) is 6.92. The average molecular weight is 208 g/mol. The highest BCUT2D eigenvalue weighted by Crippen LogP contribution is 2.33. The van der Waals surface area contributed by atoms with Crippen LogP contribution in [0.25, 0.3) is 0 Å². The van der Waals surface area contributed by atoms with Gasteiger partial charge in [-0.2, -0.15) is 0 Å². The maximum atomic E-state index is 5.43. The third-order valence-electron chi connectivity index (χ3n) is 2.70. The molecule has 0 spiro atoms. The number of hydrogen-bond donors (Lipinski definition) is 1. The van der Waals surface area contributed by atoms with E-state index in [1.807, 2.05) is 6.08 Å². The number of fused-ring (bicyclic) bond motifs is 1. The Hall–Kier alpha value is -0.790. The highest BCUT2D eigenvalue weighted by atomic mass is 35.5. The zero-order valence-electron chi connectivity index (χ0n) is 8.04. The fourth-order valence-corrected chi connectivity index (χ4v) is 2.02. The van der Waals surface area contributed by atoms with E-state index in [4.69, 9.17) is 11.6 Å². The Labute approximate surface area is 89.8 Å². The van der Waals surface area contributed by atoms with Gasteiger partial charge in [-0.1, -0.05) is 41.9 Å². The Morgan fingerprint density at radius 2 is 2.29 bits per heavy atom. The van der Waals surface area contributed by atoms with Crippen molar-refractivity contribution in [2.75, 3.05) is 13.1 Å². The van der Waals surface area contributed by atoms with Crippen molar-refractivity contribution in [3.8, 4) is 0 Å². The molecule has 0 heterocycles. The maximum Gasteiger partial charge on any atom is 0.0146 e. The number of halogens is 1. The second kappa shape index (κ2) is 4.63. The molecule has 74 valence electrons. The highest BCUT2D eigenvalue weighted by molar-refractivity contribution is 6.25. The van der Waals surface area contributed by atoms with Crippen LogP contribution in [0.3, 0.4) is 0 Å². The second-order valence-corrected chi connectivity index (χ2v) is 3.87. The molecule has 0 bridgehead atoms. The van der Waals surface area contributed by atoms with Crippen molar-refractivity contribution in [3.05, 3.63) is 47.0 Å². The largest absolute Gasteiger partial charge is 0.313 e. The summed E-state index contributed by atoms with van der Waals surface area (Å²) in [6.07, 6.45) is 3.14. The van der Waals surface area contributed by atoms with Gasteiger partial charge in [0, 0.05) is 24.5 Å². The van der Waals surface area contributed by atoms with E-state index in [1.54, 1.807) is 5.54 Å². The molecular weight excluding hydrogens is 194 g/mol. The first-order valence-electron chi connectivity index (χ1n) is 4.95. The molecule has 0 radical (unpaired) electrons. The van der Waals surface area contributed by atoms with E-state index in [0.29, 0.717) is 5.92 Å². The van der Waals surface area contributed by atoms with Crippen LogP contribution >= 0.6 is 11.6 Å². The van der Waals surface area contributed by atoms with E-state index < -0.39 is 0 Å². The predicted octanol–water partition coefficient (Wildman–Crippen LogP) is 2.67. The van der Waals surface area contributed by atoms with Crippen LogP contribution in [-0.4, -0.2) is 13.1 Å². The van der Waals surface area contributed by atoms with Crippen molar-refractivity contribution in [2.45, 2.75) is 12.3 Å². The SMILES string of the molecule is Cl/C=C/CNCC1Cc2ccccc21. The Kier molecular flexibility index (Phi) is 3.22. The zero-order chi connectivity index (χ0) is 9.80. The van der Waals surface area contributed by atoms with Gasteiger partial charge < -0.3 is 5.32 Å². The summed E-state index contributed by atoms with van der Waals surface area (Å²) < 4.78 is 0. The summed E-state index contributed by atoms with van der Waals surface area (Å²) in [5, 5.41) is 3.36. The Morgan fingerprint density at radius 3 is 3.07 bits per heavy atom. The van der Waals surface area contributed by atoms with E-state index in [9.17, 15) is 0 Å². The first-order valence-corrected chi connectivity index (χ1v) is 5.39. The third-order valence-corrected chi connectivity index (χ3v) is 2.88. The lowest BCUT2D eigenvalue weighted by Gasteiger charge is -2.30. The lowest BCUT2D eigenvalue weighted by atomic mass is 9.78. The fourth-order valence-electron chi connectivity index (χ4n) is 1.93. The van der Waals surface area contributed by atoms with Crippen LogP contribution in [0.15, 0.2) is 35.9 Å². The normalized spacial score (nSPS) is 19.4. The van der Waals surface area contributed by atoms with Gasteiger partial charge in [-0.05, 0) is 17.5 Å². The topological polar surface area (TPSA) is 12.0 Å². The quantitative estimate of drug-likeness (QED) is 0.749. The molecule has 14 heavy (non-hydrogen) atoms. The van der Waals surface area contributed by atoms with E-state index >= 15 is 0 Å². The summed E-state index contributed by atoms with van der Waals surface area (Å²) in [5.74, 6) is 0.704. The van der Waals surface area contributed by atoms with Crippen LogP contribution in [0.5, 0.6) is 0 Å². The highest BCUT2D eigenvalue weighted by Gasteiger charge is 2.24. The van der Waals surface area contributed by atoms with Gasteiger partial charge in [0.15, 0.2) is 0 Å².